The van der Waals surface area contributed by atoms with Crippen LogP contribution in [0.3, 0.4) is 0 Å². The van der Waals surface area contributed by atoms with Crippen LogP contribution in [0, 0.1) is 5.82 Å². The highest BCUT2D eigenvalue weighted by molar-refractivity contribution is 5.88. The molecule has 4 nitrogen and oxygen atoms in total. The SMILES string of the molecule is O=C(O)c1cc(F)c2c(c1)CCN(C1CCOC3(CCC3)C1)C2. The van der Waals surface area contributed by atoms with E-state index in [-0.39, 0.29) is 17.0 Å². The summed E-state index contributed by atoms with van der Waals surface area (Å²) in [5, 5.41) is 9.07. The third-order valence-electron chi connectivity index (χ3n) is 5.81. The second kappa shape index (κ2) is 5.56. The van der Waals surface area contributed by atoms with E-state index in [2.05, 4.69) is 4.90 Å². The highest BCUT2D eigenvalue weighted by atomic mass is 19.1. The summed E-state index contributed by atoms with van der Waals surface area (Å²) in [6.07, 6.45) is 6.34. The van der Waals surface area contributed by atoms with E-state index in [4.69, 9.17) is 9.84 Å². The van der Waals surface area contributed by atoms with Crippen LogP contribution in [0.1, 0.15) is 53.6 Å². The van der Waals surface area contributed by atoms with Crippen LogP contribution in [0.2, 0.25) is 0 Å². The van der Waals surface area contributed by atoms with E-state index in [1.165, 1.54) is 6.42 Å². The number of carboxylic acid groups (broad SMARTS) is 1. The number of benzene rings is 1. The van der Waals surface area contributed by atoms with Gasteiger partial charge in [0.25, 0.3) is 0 Å². The molecule has 1 atom stereocenters. The quantitative estimate of drug-likeness (QED) is 0.910. The van der Waals surface area contributed by atoms with Gasteiger partial charge >= 0.3 is 5.97 Å². The fourth-order valence-corrected chi connectivity index (χ4v) is 4.31. The molecule has 23 heavy (non-hydrogen) atoms. The minimum Gasteiger partial charge on any atom is -0.478 e. The number of rotatable bonds is 2. The minimum absolute atomic E-state index is 0.0502. The average Bonchev–Trinajstić information content (AvgIpc) is 2.53. The van der Waals surface area contributed by atoms with E-state index < -0.39 is 5.97 Å². The molecular weight excluding hydrogens is 297 g/mol. The molecule has 3 aliphatic rings. The Balaban J connectivity index is 1.53. The topological polar surface area (TPSA) is 49.8 Å². The largest absolute Gasteiger partial charge is 0.478 e. The Morgan fingerprint density at radius 2 is 2.22 bits per heavy atom. The van der Waals surface area contributed by atoms with Crippen LogP contribution in [-0.2, 0) is 17.7 Å². The zero-order valence-electron chi connectivity index (χ0n) is 13.2. The Morgan fingerprint density at radius 3 is 2.91 bits per heavy atom. The summed E-state index contributed by atoms with van der Waals surface area (Å²) in [5.74, 6) is -1.44. The number of ether oxygens (including phenoxy) is 1. The molecule has 1 saturated carbocycles. The first-order valence-corrected chi connectivity index (χ1v) is 8.49. The molecule has 2 aliphatic heterocycles. The molecule has 0 bridgehead atoms. The van der Waals surface area contributed by atoms with Crippen molar-refractivity contribution in [2.45, 2.75) is 56.7 Å². The smallest absolute Gasteiger partial charge is 0.335 e. The lowest BCUT2D eigenvalue weighted by molar-refractivity contribution is -0.149. The van der Waals surface area contributed by atoms with Crippen LogP contribution >= 0.6 is 0 Å². The average molecular weight is 319 g/mol. The maximum absolute atomic E-state index is 14.3. The molecule has 1 aromatic rings. The molecule has 2 heterocycles. The third-order valence-corrected chi connectivity index (χ3v) is 5.81. The Kier molecular flexibility index (Phi) is 3.65. The summed E-state index contributed by atoms with van der Waals surface area (Å²) in [6, 6.07) is 3.24. The van der Waals surface area contributed by atoms with E-state index in [1.54, 1.807) is 6.07 Å². The fourth-order valence-electron chi connectivity index (χ4n) is 4.31. The number of aromatic carboxylic acids is 1. The number of halogens is 1. The van der Waals surface area contributed by atoms with Gasteiger partial charge in [-0.3, -0.25) is 4.90 Å². The van der Waals surface area contributed by atoms with Gasteiger partial charge < -0.3 is 9.84 Å². The van der Waals surface area contributed by atoms with Gasteiger partial charge in [0.2, 0.25) is 0 Å². The Bertz CT molecular complexity index is 641. The highest BCUT2D eigenvalue weighted by Gasteiger charge is 2.44. The first-order valence-electron chi connectivity index (χ1n) is 8.49. The van der Waals surface area contributed by atoms with E-state index in [9.17, 15) is 9.18 Å². The maximum atomic E-state index is 14.3. The van der Waals surface area contributed by atoms with E-state index >= 15 is 0 Å². The van der Waals surface area contributed by atoms with Crippen molar-refractivity contribution in [3.05, 3.63) is 34.6 Å². The van der Waals surface area contributed by atoms with Gasteiger partial charge in [-0.2, -0.15) is 0 Å². The Hall–Kier alpha value is -1.46. The van der Waals surface area contributed by atoms with Crippen molar-refractivity contribution < 1.29 is 19.0 Å². The van der Waals surface area contributed by atoms with Gasteiger partial charge in [-0.1, -0.05) is 0 Å². The van der Waals surface area contributed by atoms with Crippen molar-refractivity contribution in [2.75, 3.05) is 13.2 Å². The molecule has 1 unspecified atom stereocenters. The van der Waals surface area contributed by atoms with Gasteiger partial charge in [-0.25, -0.2) is 9.18 Å². The molecule has 0 amide bonds. The summed E-state index contributed by atoms with van der Waals surface area (Å²) >= 11 is 0. The van der Waals surface area contributed by atoms with Crippen molar-refractivity contribution in [1.82, 2.24) is 4.90 Å². The lowest BCUT2D eigenvalue weighted by Gasteiger charge is -2.50. The van der Waals surface area contributed by atoms with Crippen molar-refractivity contribution >= 4 is 5.97 Å². The van der Waals surface area contributed by atoms with Crippen molar-refractivity contribution in [3.8, 4) is 0 Å². The maximum Gasteiger partial charge on any atom is 0.335 e. The molecule has 1 N–H and O–H groups in total. The fraction of sp³-hybridized carbons (Fsp3) is 0.611. The molecule has 1 saturated heterocycles. The van der Waals surface area contributed by atoms with E-state index in [0.717, 1.165) is 56.9 Å². The third kappa shape index (κ3) is 2.66. The van der Waals surface area contributed by atoms with E-state index in [1.807, 2.05) is 0 Å². The summed E-state index contributed by atoms with van der Waals surface area (Å²) < 4.78 is 20.3. The normalized spacial score (nSPS) is 26.6. The number of carbonyl (C=O) groups is 1. The van der Waals surface area contributed by atoms with Crippen molar-refractivity contribution in [3.63, 3.8) is 0 Å². The van der Waals surface area contributed by atoms with Gasteiger partial charge in [0.1, 0.15) is 5.82 Å². The minimum atomic E-state index is -1.06. The van der Waals surface area contributed by atoms with E-state index in [0.29, 0.717) is 18.2 Å². The predicted octanol–water partition coefficient (Wildman–Crippen LogP) is 2.98. The second-order valence-corrected chi connectivity index (χ2v) is 7.15. The molecule has 1 aliphatic carbocycles. The molecule has 0 aromatic heterocycles. The second-order valence-electron chi connectivity index (χ2n) is 7.15. The Morgan fingerprint density at radius 1 is 1.39 bits per heavy atom. The lowest BCUT2D eigenvalue weighted by Crippen LogP contribution is -2.53. The van der Waals surface area contributed by atoms with Gasteiger partial charge in [0.05, 0.1) is 11.2 Å². The van der Waals surface area contributed by atoms with Crippen LogP contribution in [-0.4, -0.2) is 40.8 Å². The van der Waals surface area contributed by atoms with Crippen molar-refractivity contribution in [1.29, 1.82) is 0 Å². The number of fused-ring (bicyclic) bond motifs is 1. The van der Waals surface area contributed by atoms with Crippen molar-refractivity contribution in [2.24, 2.45) is 0 Å². The zero-order chi connectivity index (χ0) is 16.0. The molecule has 5 heteroatoms. The number of carboxylic acids is 1. The zero-order valence-corrected chi connectivity index (χ0v) is 13.2. The molecule has 4 rings (SSSR count). The predicted molar refractivity (Wildman–Crippen MR) is 83.0 cm³/mol. The Labute approximate surface area is 135 Å². The van der Waals surface area contributed by atoms with Gasteiger partial charge in [-0.15, -0.1) is 0 Å². The number of hydrogen-bond donors (Lipinski definition) is 1. The highest BCUT2D eigenvalue weighted by Crippen LogP contribution is 2.44. The summed E-state index contributed by atoms with van der Waals surface area (Å²) in [6.45, 7) is 2.26. The summed E-state index contributed by atoms with van der Waals surface area (Å²) in [7, 11) is 0. The van der Waals surface area contributed by atoms with Crippen LogP contribution in [0.4, 0.5) is 4.39 Å². The molecule has 0 radical (unpaired) electrons. The standard InChI is InChI=1S/C18H22FNO3/c19-16-9-13(17(21)22)8-12-2-6-20(11-15(12)16)14-3-7-23-18(10-14)4-1-5-18/h8-9,14H,1-7,10-11H2,(H,21,22). The van der Waals surface area contributed by atoms with Crippen LogP contribution in [0.15, 0.2) is 12.1 Å². The van der Waals surface area contributed by atoms with Gasteiger partial charge in [0, 0.05) is 31.3 Å². The number of hydrogen-bond acceptors (Lipinski definition) is 3. The molecule has 1 aromatic carbocycles. The summed E-state index contributed by atoms with van der Waals surface area (Å²) in [4.78, 5) is 13.4. The molecular formula is C18H22FNO3. The molecule has 124 valence electrons. The van der Waals surface area contributed by atoms with Crippen LogP contribution in [0.5, 0.6) is 0 Å². The first kappa shape index (κ1) is 15.1. The summed E-state index contributed by atoms with van der Waals surface area (Å²) in [5.41, 5.74) is 1.67. The number of nitrogens with zero attached hydrogens (tertiary/aromatic N) is 1. The van der Waals surface area contributed by atoms with Gasteiger partial charge in [-0.05, 0) is 56.2 Å². The molecule has 1 spiro atoms. The lowest BCUT2D eigenvalue weighted by atomic mass is 9.73. The monoisotopic (exact) mass is 319 g/mol. The molecule has 2 fully saturated rings. The van der Waals surface area contributed by atoms with Crippen LogP contribution < -0.4 is 0 Å². The van der Waals surface area contributed by atoms with Crippen LogP contribution in [0.25, 0.3) is 0 Å². The first-order chi connectivity index (χ1) is 11.1. The van der Waals surface area contributed by atoms with Gasteiger partial charge in [0.15, 0.2) is 0 Å².